The van der Waals surface area contributed by atoms with Crippen molar-refractivity contribution in [3.05, 3.63) is 54.1 Å². The molecule has 10 saturated carbocycles. The van der Waals surface area contributed by atoms with Gasteiger partial charge >= 0.3 is 12.2 Å². The first-order valence-corrected chi connectivity index (χ1v) is 70.1. The molecule has 0 unspecified atom stereocenters. The number of allylic oxidation sites excluding steroid dienone is 4. The SMILES string of the molecule is CCCCC(=O)NC[C@@H]1[C@@H]([C@@]2(C)CC[C@H](C)C[C@@H]2CO[Si](C)(C)C(C)(C)C)CC[C@]2(C)C=CC[C@@H]12.CCCCC(=O)NC[C@@H]1[C@@H]([C@@]2(C)CC[C@H](O)C[C@@H]2CO)CC[C@]2(C)C=CC[C@@H]12.C[C@H]1CC[C@](C)([C@H]2CC[C@]3(C)C(=O)CC[C@H]3[C@@H]2CNC(=O)OC(C)(C)C)[C@@H](CO[Si](C)(C)C(C)(C)C)C1.Cc1ccc(S(=O)(=O)CN=C2CC[C@H]3[C@H](CNC(=O)OC(C)(C)C)[C@@H]([C@@]4(C)CC[C@H](C)C[C@@H]4CO[Si](C)(C)C(C)(C)C)CC[C@]23C)cc1. The van der Waals surface area contributed by atoms with E-state index in [0.717, 1.165) is 153 Å². The van der Waals surface area contributed by atoms with E-state index in [9.17, 15) is 42.6 Å². The van der Waals surface area contributed by atoms with Crippen LogP contribution in [0.3, 0.4) is 0 Å². The van der Waals surface area contributed by atoms with Crippen LogP contribution in [0.4, 0.5) is 9.59 Å². The van der Waals surface area contributed by atoms with Gasteiger partial charge in [0.1, 0.15) is 22.9 Å². The molecule has 0 saturated heterocycles. The Kier molecular flexibility index (Phi) is 42.1. The second-order valence-corrected chi connectivity index (χ2v) is 75.7. The standard InChI is InChI=1S/C39H66N2O5SSi.C31H57NO4Si.C31H57NO2Si.C24H41NO3/c1-27-13-15-30(16-14-27)47(43,44)26-41-34-18-17-32-31(24-40-35(42)46-36(3,4)5)33(20-22-39(32,34)10)38(9)21-19-28(2)23-29(38)25-45-48(11,12)37(6,7)8;1-21-14-16-30(8,22(18-21)20-35-37(10,11)29(5,6)7)25-15-17-31(9)24(12-13-26(31)33)23(25)19-32-27(34)36-28(2,3)4;1-10-11-14-28(33)32-21-25-26-13-12-17-30(26,6)18-16-27(25)31(7)19-15-23(2)20-24(31)22-34-35(8,9)29(3,4)5;1-4-5-8-22(28)25-15-19-20-7-6-11-23(20,2)12-10-21(19)24(3)13-9-18(27)14-17(24)16-26/h13-16,28-29,31-33H,17-26H2,1-12H3,(H,40,42);21-25H,12-20H2,1-11H3,(H,32,34);12,17,23-27H,10-11,13-16,18-22H2,1-9H3,(H,32,33);6,11,17-21,26-27H,4-5,7-10,12-16H2,1-3H3,(H,25,28)/t28-,29+,31-,32-,33-,38-,39-;21-,22+,23-,24-,25-,30-,31-;23-,24+,25-,26-,27-,30-,31-;17-,18+,19+,20+,21+,23+,24+/m0001/s1. The lowest BCUT2D eigenvalue weighted by Gasteiger charge is -2.57. The maximum atomic E-state index is 13.3. The number of aryl methyl sites for hydroxylation is 1. The van der Waals surface area contributed by atoms with Crippen LogP contribution >= 0.6 is 0 Å². The van der Waals surface area contributed by atoms with Gasteiger partial charge in [0.15, 0.2) is 34.8 Å². The molecule has 0 aliphatic heterocycles. The van der Waals surface area contributed by atoms with Gasteiger partial charge in [-0.2, -0.15) is 0 Å². The highest BCUT2D eigenvalue weighted by atomic mass is 32.2. The fraction of sp³-hybridized carbons (Fsp3) is 0.872. The van der Waals surface area contributed by atoms with Crippen LogP contribution in [0.15, 0.2) is 58.5 Å². The number of nitrogens with one attached hydrogen (secondary N) is 4. The van der Waals surface area contributed by atoms with E-state index in [0.29, 0.717) is 144 Å². The molecule has 0 spiro atoms. The molecule has 12 aliphatic rings. The highest BCUT2D eigenvalue weighted by molar-refractivity contribution is 7.91. The molecule has 0 aromatic heterocycles. The summed E-state index contributed by atoms with van der Waals surface area (Å²) in [5, 5.41) is 33.9. The number of carbonyl (C=O) groups excluding carboxylic acids is 5. The number of amides is 4. The Morgan fingerprint density at radius 3 is 1.14 bits per heavy atom. The van der Waals surface area contributed by atoms with Crippen molar-refractivity contribution in [1.29, 1.82) is 0 Å². The first-order chi connectivity index (χ1) is 68.4. The number of hydrogen-bond donors (Lipinski definition) is 6. The Hall–Kier alpha value is -4.08. The minimum absolute atomic E-state index is 0.0384. The molecule has 6 N–H and O–H groups in total. The lowest BCUT2D eigenvalue weighted by atomic mass is 9.49. The van der Waals surface area contributed by atoms with Crippen LogP contribution in [-0.2, 0) is 47.0 Å². The summed E-state index contributed by atoms with van der Waals surface area (Å²) in [4.78, 5) is 69.0. The molecule has 28 atom stereocenters. The molecule has 4 amide bonds. The average molecular weight is 2130 g/mol. The maximum Gasteiger partial charge on any atom is 0.407 e. The molecule has 1 aromatic carbocycles. The number of alkyl carbamates (subject to hydrolysis) is 2. The number of aliphatic hydroxyl groups is 2. The number of aliphatic imine (C=N–C) groups is 1. The minimum atomic E-state index is -3.53. The Bertz CT molecular complexity index is 4730. The fourth-order valence-electron chi connectivity index (χ4n) is 30.6. The fourth-order valence-corrected chi connectivity index (χ4v) is 34.7. The summed E-state index contributed by atoms with van der Waals surface area (Å²) in [6, 6.07) is 7.05. The van der Waals surface area contributed by atoms with Gasteiger partial charge in [0, 0.05) is 88.4 Å². The van der Waals surface area contributed by atoms with Crippen molar-refractivity contribution in [2.45, 2.75) is 483 Å². The largest absolute Gasteiger partial charge is 0.444 e. The lowest BCUT2D eigenvalue weighted by Crippen LogP contribution is -2.54. The van der Waals surface area contributed by atoms with Crippen LogP contribution in [0.5, 0.6) is 0 Å². The number of benzene rings is 1. The number of fused-ring (bicyclic) bond motifs is 4. The number of Topliss-reactive ketones (excluding diaryl/α,β-unsaturated/α-hetero) is 1. The number of ether oxygens (including phenoxy) is 2. The van der Waals surface area contributed by atoms with Crippen molar-refractivity contribution in [1.82, 2.24) is 21.3 Å². The number of unbranched alkanes of at least 4 members (excludes halogenated alkanes) is 2. The number of carbonyl (C=O) groups is 5. The van der Waals surface area contributed by atoms with Crippen LogP contribution in [0.2, 0.25) is 54.4 Å². The van der Waals surface area contributed by atoms with Crippen molar-refractivity contribution >= 4 is 70.3 Å². The topological polar surface area (TPSA) is 267 Å². The quantitative estimate of drug-likeness (QED) is 0.0298. The maximum absolute atomic E-state index is 13.3. The molecule has 13 rings (SSSR count). The zero-order chi connectivity index (χ0) is 110. The first kappa shape index (κ1) is 126. The summed E-state index contributed by atoms with van der Waals surface area (Å²) in [6.07, 6.45) is 42.3. The number of sulfone groups is 1. The normalized spacial score (nSPS) is 37.0. The summed E-state index contributed by atoms with van der Waals surface area (Å²) in [5.74, 6) is 9.89. The van der Waals surface area contributed by atoms with Crippen molar-refractivity contribution < 1.29 is 65.4 Å². The third-order valence-electron chi connectivity index (χ3n) is 43.9. The predicted octanol–water partition coefficient (Wildman–Crippen LogP) is 30.0. The molecule has 0 radical (unpaired) electrons. The van der Waals surface area contributed by atoms with Gasteiger partial charge in [0.05, 0.1) is 11.0 Å². The smallest absolute Gasteiger partial charge is 0.407 e. The summed E-state index contributed by atoms with van der Waals surface area (Å²) in [5.41, 5.74) is 1.61. The molecular formula is C125H221N5O14SSi3. The van der Waals surface area contributed by atoms with Crippen molar-refractivity contribution in [3.63, 3.8) is 0 Å². The van der Waals surface area contributed by atoms with E-state index in [2.05, 4.69) is 237 Å². The Morgan fingerprint density at radius 1 is 0.432 bits per heavy atom. The number of hydrogen-bond acceptors (Lipinski definition) is 15. The van der Waals surface area contributed by atoms with Gasteiger partial charge in [-0.15, -0.1) is 0 Å². The van der Waals surface area contributed by atoms with Crippen molar-refractivity contribution in [3.8, 4) is 0 Å². The monoisotopic (exact) mass is 2130 g/mol. The van der Waals surface area contributed by atoms with Crippen LogP contribution < -0.4 is 21.3 Å². The predicted molar refractivity (Wildman–Crippen MR) is 618 cm³/mol. The van der Waals surface area contributed by atoms with Crippen molar-refractivity contribution in [2.75, 3.05) is 58.5 Å². The van der Waals surface area contributed by atoms with Gasteiger partial charge in [0.2, 0.25) is 11.8 Å². The molecular weight excluding hydrogens is 1910 g/mol. The van der Waals surface area contributed by atoms with Crippen LogP contribution in [0, 0.1) is 163 Å². The van der Waals surface area contributed by atoms with Gasteiger partial charge in [-0.25, -0.2) is 18.0 Å². The third-order valence-corrected chi connectivity index (χ3v) is 58.8. The Labute approximate surface area is 907 Å². The molecule has 148 heavy (non-hydrogen) atoms. The Balaban J connectivity index is 0.000000205. The molecule has 12 aliphatic carbocycles. The molecule has 23 heteroatoms. The van der Waals surface area contributed by atoms with E-state index >= 15 is 0 Å². The lowest BCUT2D eigenvalue weighted by molar-refractivity contribution is -0.134. The minimum Gasteiger partial charge on any atom is -0.444 e. The molecule has 19 nitrogen and oxygen atoms in total. The number of nitrogens with zero attached hydrogens (tertiary/aromatic N) is 1. The Morgan fingerprint density at radius 2 is 0.770 bits per heavy atom. The van der Waals surface area contributed by atoms with Gasteiger partial charge < -0.3 is 54.2 Å². The highest BCUT2D eigenvalue weighted by Crippen LogP contribution is 2.68. The van der Waals surface area contributed by atoms with E-state index in [1.54, 1.807) is 12.1 Å². The number of rotatable bonds is 31. The third kappa shape index (κ3) is 29.9. The van der Waals surface area contributed by atoms with Crippen molar-refractivity contribution in [2.24, 2.45) is 161 Å². The van der Waals surface area contributed by atoms with Crippen LogP contribution in [-0.4, -0.2) is 155 Å². The van der Waals surface area contributed by atoms with Gasteiger partial charge in [-0.05, 0) is 414 Å². The summed E-state index contributed by atoms with van der Waals surface area (Å²) in [6.45, 7) is 84.9. The van der Waals surface area contributed by atoms with Gasteiger partial charge in [-0.1, -0.05) is 226 Å². The van der Waals surface area contributed by atoms with Crippen LogP contribution in [0.1, 0.15) is 405 Å². The summed E-state index contributed by atoms with van der Waals surface area (Å²) < 4.78 is 58.7. The van der Waals surface area contributed by atoms with E-state index in [1.807, 2.05) is 60.6 Å². The zero-order valence-electron chi connectivity index (χ0n) is 101. The highest BCUT2D eigenvalue weighted by Gasteiger charge is 2.63. The first-order valence-electron chi connectivity index (χ1n) is 59.8. The number of ketones is 1. The zero-order valence-corrected chi connectivity index (χ0v) is 105. The second-order valence-electron chi connectivity index (χ2n) is 59.3. The molecule has 848 valence electrons. The van der Waals surface area contributed by atoms with E-state index in [4.69, 9.17) is 27.7 Å². The number of aliphatic hydroxyl groups excluding tert-OH is 2. The summed E-state index contributed by atoms with van der Waals surface area (Å²) >= 11 is 0. The van der Waals surface area contributed by atoms with E-state index < -0.39 is 46.0 Å². The molecule has 0 heterocycles. The van der Waals surface area contributed by atoms with Gasteiger partial charge in [0.25, 0.3) is 0 Å². The van der Waals surface area contributed by atoms with E-state index in [1.165, 1.54) is 77.0 Å². The molecule has 1 aromatic rings. The second kappa shape index (κ2) is 49.6. The average Bonchev–Trinajstić information content (AvgIpc) is 1.52. The van der Waals surface area contributed by atoms with E-state index in [-0.39, 0.29) is 113 Å². The van der Waals surface area contributed by atoms with Crippen LogP contribution in [0.25, 0.3) is 0 Å². The molecule has 10 fully saturated rings. The molecule has 0 bridgehead atoms. The van der Waals surface area contributed by atoms with Gasteiger partial charge in [-0.3, -0.25) is 19.4 Å². The summed E-state index contributed by atoms with van der Waals surface area (Å²) in [7, 11) is -9.10.